The van der Waals surface area contributed by atoms with E-state index >= 15 is 0 Å². The van der Waals surface area contributed by atoms with E-state index < -0.39 is 0 Å². The van der Waals surface area contributed by atoms with E-state index in [4.69, 9.17) is 5.26 Å². The van der Waals surface area contributed by atoms with Gasteiger partial charge in [0.25, 0.3) is 5.91 Å². The molecule has 2 rings (SSSR count). The molecule has 24 heavy (non-hydrogen) atoms. The molecule has 0 saturated heterocycles. The molecule has 0 spiro atoms. The molecule has 1 heterocycles. The maximum absolute atomic E-state index is 12.0. The van der Waals surface area contributed by atoms with Crippen LogP contribution in [0.15, 0.2) is 36.7 Å². The van der Waals surface area contributed by atoms with Crippen molar-refractivity contribution in [3.05, 3.63) is 47.9 Å². The average molecular weight is 324 g/mol. The van der Waals surface area contributed by atoms with Gasteiger partial charge in [-0.05, 0) is 45.3 Å². The summed E-state index contributed by atoms with van der Waals surface area (Å²) in [6.45, 7) is 1.51. The molecule has 7 heteroatoms. The van der Waals surface area contributed by atoms with Crippen molar-refractivity contribution in [2.24, 2.45) is 0 Å². The van der Waals surface area contributed by atoms with Crippen LogP contribution < -0.4 is 10.6 Å². The summed E-state index contributed by atoms with van der Waals surface area (Å²) < 4.78 is 0. The van der Waals surface area contributed by atoms with Crippen molar-refractivity contribution in [2.75, 3.05) is 32.5 Å². The number of carbonyl (C=O) groups excluding carboxylic acids is 1. The third-order valence-electron chi connectivity index (χ3n) is 3.22. The van der Waals surface area contributed by atoms with Gasteiger partial charge >= 0.3 is 0 Å². The van der Waals surface area contributed by atoms with Crippen molar-refractivity contribution in [2.45, 2.75) is 6.42 Å². The van der Waals surface area contributed by atoms with Crippen molar-refractivity contribution in [3.63, 3.8) is 0 Å². The van der Waals surface area contributed by atoms with Crippen LogP contribution in [0.4, 0.5) is 11.5 Å². The van der Waals surface area contributed by atoms with Gasteiger partial charge in [-0.15, -0.1) is 0 Å². The van der Waals surface area contributed by atoms with Crippen molar-refractivity contribution in [1.82, 2.24) is 20.2 Å². The molecule has 7 nitrogen and oxygen atoms in total. The molecule has 0 saturated carbocycles. The zero-order valence-electron chi connectivity index (χ0n) is 13.8. The Labute approximate surface area is 141 Å². The summed E-state index contributed by atoms with van der Waals surface area (Å²) in [6.07, 6.45) is 3.80. The lowest BCUT2D eigenvalue weighted by Crippen LogP contribution is -2.27. The Balaban J connectivity index is 1.90. The molecule has 0 atom stereocenters. The van der Waals surface area contributed by atoms with Gasteiger partial charge in [-0.3, -0.25) is 4.79 Å². The number of benzene rings is 1. The molecule has 0 fully saturated rings. The van der Waals surface area contributed by atoms with E-state index in [1.165, 1.54) is 12.4 Å². The quantitative estimate of drug-likeness (QED) is 0.754. The minimum Gasteiger partial charge on any atom is -0.351 e. The number of carbonyl (C=O) groups is 1. The van der Waals surface area contributed by atoms with Crippen LogP contribution in [0.3, 0.4) is 0 Å². The summed E-state index contributed by atoms with van der Waals surface area (Å²) in [7, 11) is 3.98. The van der Waals surface area contributed by atoms with Gasteiger partial charge in [0.05, 0.1) is 24.0 Å². The third-order valence-corrected chi connectivity index (χ3v) is 3.22. The van der Waals surface area contributed by atoms with Gasteiger partial charge in [-0.25, -0.2) is 9.97 Å². The molecule has 1 aromatic heterocycles. The number of hydrogen-bond donors (Lipinski definition) is 2. The second kappa shape index (κ2) is 8.60. The third kappa shape index (κ3) is 5.34. The van der Waals surface area contributed by atoms with E-state index in [1.54, 1.807) is 18.2 Å². The lowest BCUT2D eigenvalue weighted by molar-refractivity contribution is 0.0947. The van der Waals surface area contributed by atoms with Crippen molar-refractivity contribution in [1.29, 1.82) is 5.26 Å². The Bertz CT molecular complexity index is 721. The first-order valence-electron chi connectivity index (χ1n) is 7.60. The van der Waals surface area contributed by atoms with Crippen molar-refractivity contribution in [3.8, 4) is 6.07 Å². The Morgan fingerprint density at radius 2 is 2.12 bits per heavy atom. The summed E-state index contributed by atoms with van der Waals surface area (Å²) in [5.41, 5.74) is 1.57. The van der Waals surface area contributed by atoms with E-state index in [9.17, 15) is 4.79 Å². The number of nitrogens with one attached hydrogen (secondary N) is 2. The molecular formula is C17H20N6O. The van der Waals surface area contributed by atoms with E-state index in [0.29, 0.717) is 17.9 Å². The summed E-state index contributed by atoms with van der Waals surface area (Å²) in [5.74, 6) is 0.272. The second-order valence-electron chi connectivity index (χ2n) is 5.52. The van der Waals surface area contributed by atoms with Crippen LogP contribution in [0, 0.1) is 11.3 Å². The van der Waals surface area contributed by atoms with Crippen molar-refractivity contribution >= 4 is 17.4 Å². The van der Waals surface area contributed by atoms with Crippen LogP contribution in [0.5, 0.6) is 0 Å². The average Bonchev–Trinajstić information content (AvgIpc) is 2.59. The topological polar surface area (TPSA) is 93.9 Å². The summed E-state index contributed by atoms with van der Waals surface area (Å²) in [5, 5.41) is 14.8. The molecule has 0 unspecified atom stereocenters. The summed E-state index contributed by atoms with van der Waals surface area (Å²) in [4.78, 5) is 22.3. The summed E-state index contributed by atoms with van der Waals surface area (Å²) in [6, 6.07) is 9.12. The molecule has 0 aliphatic heterocycles. The van der Waals surface area contributed by atoms with Gasteiger partial charge in [-0.2, -0.15) is 5.26 Å². The predicted octanol–water partition coefficient (Wildman–Crippen LogP) is 1.77. The Hall–Kier alpha value is -2.98. The Morgan fingerprint density at radius 1 is 1.29 bits per heavy atom. The van der Waals surface area contributed by atoms with E-state index in [2.05, 4.69) is 31.6 Å². The van der Waals surface area contributed by atoms with Crippen LogP contribution >= 0.6 is 0 Å². The van der Waals surface area contributed by atoms with E-state index in [1.807, 2.05) is 20.2 Å². The molecule has 0 bridgehead atoms. The highest BCUT2D eigenvalue weighted by atomic mass is 16.1. The standard InChI is InChI=1S/C17H20N6O/c1-23(2)8-4-7-19-17(24)15-11-21-16(12-20-15)22-14-6-3-5-13(9-14)10-18/h3,5-6,9,11-12H,4,7-8H2,1-2H3,(H,19,24)(H,21,22). The number of anilines is 2. The normalized spacial score (nSPS) is 10.2. The molecule has 0 aliphatic carbocycles. The maximum atomic E-state index is 12.0. The number of amides is 1. The molecule has 2 aromatic rings. The lowest BCUT2D eigenvalue weighted by atomic mass is 10.2. The highest BCUT2D eigenvalue weighted by molar-refractivity contribution is 5.92. The van der Waals surface area contributed by atoms with Crippen LogP contribution in [0.2, 0.25) is 0 Å². The van der Waals surface area contributed by atoms with Gasteiger partial charge < -0.3 is 15.5 Å². The first-order chi connectivity index (χ1) is 11.6. The van der Waals surface area contributed by atoms with Crippen LogP contribution in [-0.2, 0) is 0 Å². The zero-order valence-corrected chi connectivity index (χ0v) is 13.8. The highest BCUT2D eigenvalue weighted by Gasteiger charge is 2.07. The summed E-state index contributed by atoms with van der Waals surface area (Å²) >= 11 is 0. The van der Waals surface area contributed by atoms with Gasteiger partial charge in [0, 0.05) is 12.2 Å². The molecule has 124 valence electrons. The smallest absolute Gasteiger partial charge is 0.271 e. The molecule has 0 aliphatic rings. The number of rotatable bonds is 7. The maximum Gasteiger partial charge on any atom is 0.271 e. The molecule has 0 radical (unpaired) electrons. The fraction of sp³-hybridized carbons (Fsp3) is 0.294. The molecule has 2 N–H and O–H groups in total. The fourth-order valence-electron chi connectivity index (χ4n) is 2.01. The monoisotopic (exact) mass is 324 g/mol. The second-order valence-corrected chi connectivity index (χ2v) is 5.52. The highest BCUT2D eigenvalue weighted by Crippen LogP contribution is 2.14. The molecule has 1 amide bonds. The first kappa shape index (κ1) is 17.4. The van der Waals surface area contributed by atoms with Gasteiger partial charge in [0.2, 0.25) is 0 Å². The van der Waals surface area contributed by atoms with E-state index in [-0.39, 0.29) is 11.6 Å². The minimum absolute atomic E-state index is 0.237. The van der Waals surface area contributed by atoms with Crippen LogP contribution in [0.25, 0.3) is 0 Å². The Morgan fingerprint density at radius 3 is 2.79 bits per heavy atom. The van der Waals surface area contributed by atoms with Gasteiger partial charge in [0.15, 0.2) is 0 Å². The first-order valence-corrected chi connectivity index (χ1v) is 7.60. The van der Waals surface area contributed by atoms with Gasteiger partial charge in [0.1, 0.15) is 11.5 Å². The number of nitrogens with zero attached hydrogens (tertiary/aromatic N) is 4. The van der Waals surface area contributed by atoms with Crippen molar-refractivity contribution < 1.29 is 4.79 Å². The lowest BCUT2D eigenvalue weighted by Gasteiger charge is -2.10. The van der Waals surface area contributed by atoms with E-state index in [0.717, 1.165) is 18.7 Å². The molecular weight excluding hydrogens is 304 g/mol. The largest absolute Gasteiger partial charge is 0.351 e. The number of nitriles is 1. The zero-order chi connectivity index (χ0) is 17.4. The minimum atomic E-state index is -0.237. The fourth-order valence-corrected chi connectivity index (χ4v) is 2.01. The van der Waals surface area contributed by atoms with Crippen LogP contribution in [0.1, 0.15) is 22.5 Å². The van der Waals surface area contributed by atoms with Crippen LogP contribution in [-0.4, -0.2) is 48.0 Å². The number of aromatic nitrogens is 2. The predicted molar refractivity (Wildman–Crippen MR) is 92.0 cm³/mol. The SMILES string of the molecule is CN(C)CCCNC(=O)c1cnc(Nc2cccc(C#N)c2)cn1. The Kier molecular flexibility index (Phi) is 6.23. The number of hydrogen-bond acceptors (Lipinski definition) is 6. The van der Waals surface area contributed by atoms with Gasteiger partial charge in [-0.1, -0.05) is 6.07 Å². The molecule has 1 aromatic carbocycles.